The first-order valence-corrected chi connectivity index (χ1v) is 4.34. The SMILES string of the molecule is Fc1cc(Cl)c(CBr)cc1F. The molecule has 0 fully saturated rings. The molecule has 0 aliphatic carbocycles. The molecular formula is C7H4BrClF2. The predicted molar refractivity (Wildman–Crippen MR) is 44.0 cm³/mol. The minimum Gasteiger partial charge on any atom is -0.204 e. The van der Waals surface area contributed by atoms with Gasteiger partial charge in [-0.25, -0.2) is 8.78 Å². The Morgan fingerprint density at radius 1 is 1.27 bits per heavy atom. The summed E-state index contributed by atoms with van der Waals surface area (Å²) in [6.07, 6.45) is 0. The smallest absolute Gasteiger partial charge is 0.160 e. The van der Waals surface area contributed by atoms with Crippen LogP contribution < -0.4 is 0 Å². The van der Waals surface area contributed by atoms with Crippen LogP contribution in [0.15, 0.2) is 12.1 Å². The highest BCUT2D eigenvalue weighted by molar-refractivity contribution is 9.08. The first kappa shape index (κ1) is 8.94. The molecular weight excluding hydrogens is 237 g/mol. The van der Waals surface area contributed by atoms with Gasteiger partial charge in [-0.1, -0.05) is 27.5 Å². The summed E-state index contributed by atoms with van der Waals surface area (Å²) in [4.78, 5) is 0. The minimum atomic E-state index is -0.917. The van der Waals surface area contributed by atoms with Crippen LogP contribution in [0.2, 0.25) is 5.02 Å². The molecule has 0 radical (unpaired) electrons. The molecule has 0 saturated carbocycles. The zero-order valence-electron chi connectivity index (χ0n) is 5.37. The van der Waals surface area contributed by atoms with Crippen molar-refractivity contribution < 1.29 is 8.78 Å². The van der Waals surface area contributed by atoms with E-state index in [9.17, 15) is 8.78 Å². The van der Waals surface area contributed by atoms with Gasteiger partial charge in [0.15, 0.2) is 11.6 Å². The zero-order chi connectivity index (χ0) is 8.43. The summed E-state index contributed by atoms with van der Waals surface area (Å²) in [6, 6.07) is 2.04. The molecule has 0 heterocycles. The molecule has 0 atom stereocenters. The van der Waals surface area contributed by atoms with Crippen molar-refractivity contribution in [1.82, 2.24) is 0 Å². The third-order valence-corrected chi connectivity index (χ3v) is 2.19. The fourth-order valence-electron chi connectivity index (χ4n) is 0.666. The van der Waals surface area contributed by atoms with Gasteiger partial charge in [-0.3, -0.25) is 0 Å². The largest absolute Gasteiger partial charge is 0.204 e. The second-order valence-corrected chi connectivity index (χ2v) is 2.96. The van der Waals surface area contributed by atoms with Crippen LogP contribution >= 0.6 is 27.5 Å². The molecule has 11 heavy (non-hydrogen) atoms. The van der Waals surface area contributed by atoms with Gasteiger partial charge < -0.3 is 0 Å². The number of rotatable bonds is 1. The Morgan fingerprint density at radius 2 is 1.82 bits per heavy atom. The molecule has 0 amide bonds. The van der Waals surface area contributed by atoms with Crippen molar-refractivity contribution >= 4 is 27.5 Å². The minimum absolute atomic E-state index is 0.237. The van der Waals surface area contributed by atoms with Crippen molar-refractivity contribution in [3.8, 4) is 0 Å². The lowest BCUT2D eigenvalue weighted by atomic mass is 10.2. The highest BCUT2D eigenvalue weighted by Gasteiger charge is 2.06. The summed E-state index contributed by atoms with van der Waals surface area (Å²) in [5.41, 5.74) is 0.547. The molecule has 0 bridgehead atoms. The predicted octanol–water partition coefficient (Wildman–Crippen LogP) is 3.51. The van der Waals surface area contributed by atoms with Crippen molar-refractivity contribution in [2.24, 2.45) is 0 Å². The molecule has 1 aromatic rings. The number of benzene rings is 1. The Labute approximate surface area is 76.3 Å². The lowest BCUT2D eigenvalue weighted by Crippen LogP contribution is -1.87. The molecule has 0 aromatic heterocycles. The molecule has 0 saturated heterocycles. The van der Waals surface area contributed by atoms with Gasteiger partial charge in [0.2, 0.25) is 0 Å². The highest BCUT2D eigenvalue weighted by atomic mass is 79.9. The Hall–Kier alpha value is -0.150. The second-order valence-electron chi connectivity index (χ2n) is 1.99. The fourth-order valence-corrected chi connectivity index (χ4v) is 1.51. The van der Waals surface area contributed by atoms with Gasteiger partial charge in [0.05, 0.1) is 0 Å². The molecule has 1 rings (SSSR count). The highest BCUT2D eigenvalue weighted by Crippen LogP contribution is 2.21. The van der Waals surface area contributed by atoms with Crippen LogP contribution in [0.3, 0.4) is 0 Å². The van der Waals surface area contributed by atoms with E-state index in [0.717, 1.165) is 12.1 Å². The monoisotopic (exact) mass is 240 g/mol. The second kappa shape index (κ2) is 3.50. The van der Waals surface area contributed by atoms with E-state index in [1.807, 2.05) is 0 Å². The van der Waals surface area contributed by atoms with Crippen molar-refractivity contribution in [2.75, 3.05) is 0 Å². The summed E-state index contributed by atoms with van der Waals surface area (Å²) in [5.74, 6) is -1.79. The zero-order valence-corrected chi connectivity index (χ0v) is 7.72. The van der Waals surface area contributed by atoms with Gasteiger partial charge in [0.25, 0.3) is 0 Å². The van der Waals surface area contributed by atoms with E-state index in [-0.39, 0.29) is 5.02 Å². The molecule has 0 N–H and O–H groups in total. The molecule has 4 heteroatoms. The maximum Gasteiger partial charge on any atom is 0.160 e. The van der Waals surface area contributed by atoms with E-state index in [0.29, 0.717) is 10.9 Å². The normalized spacial score (nSPS) is 10.2. The number of hydrogen-bond acceptors (Lipinski definition) is 0. The number of alkyl halides is 1. The van der Waals surface area contributed by atoms with E-state index in [1.54, 1.807) is 0 Å². The van der Waals surface area contributed by atoms with Crippen molar-refractivity contribution in [3.05, 3.63) is 34.4 Å². The Morgan fingerprint density at radius 3 is 2.36 bits per heavy atom. The standard InChI is InChI=1S/C7H4BrClF2/c8-3-4-1-6(10)7(11)2-5(4)9/h1-2H,3H2. The van der Waals surface area contributed by atoms with Gasteiger partial charge in [-0.15, -0.1) is 0 Å². The Bertz CT molecular complexity index is 275. The Kier molecular flexibility index (Phi) is 2.84. The van der Waals surface area contributed by atoms with Gasteiger partial charge in [-0.05, 0) is 17.7 Å². The van der Waals surface area contributed by atoms with E-state index >= 15 is 0 Å². The van der Waals surface area contributed by atoms with Crippen molar-refractivity contribution in [1.29, 1.82) is 0 Å². The van der Waals surface area contributed by atoms with Crippen molar-refractivity contribution in [3.63, 3.8) is 0 Å². The van der Waals surface area contributed by atoms with Crippen LogP contribution in [0.25, 0.3) is 0 Å². The molecule has 0 nitrogen and oxygen atoms in total. The summed E-state index contributed by atoms with van der Waals surface area (Å²) < 4.78 is 24.9. The number of hydrogen-bond donors (Lipinski definition) is 0. The third kappa shape index (κ3) is 1.91. The summed E-state index contributed by atoms with van der Waals surface area (Å²) in [6.45, 7) is 0. The first-order chi connectivity index (χ1) is 5.15. The van der Waals surface area contributed by atoms with Gasteiger partial charge in [0.1, 0.15) is 0 Å². The van der Waals surface area contributed by atoms with Crippen LogP contribution in [-0.4, -0.2) is 0 Å². The maximum absolute atomic E-state index is 12.5. The summed E-state index contributed by atoms with van der Waals surface area (Å²) >= 11 is 8.66. The molecule has 0 spiro atoms. The molecule has 1 aromatic carbocycles. The topological polar surface area (TPSA) is 0 Å². The quantitative estimate of drug-likeness (QED) is 0.521. The summed E-state index contributed by atoms with van der Waals surface area (Å²) in [7, 11) is 0. The van der Waals surface area contributed by atoms with Crippen molar-refractivity contribution in [2.45, 2.75) is 5.33 Å². The van der Waals surface area contributed by atoms with E-state index < -0.39 is 11.6 Å². The average molecular weight is 241 g/mol. The Balaban J connectivity index is 3.21. The van der Waals surface area contributed by atoms with E-state index in [1.165, 1.54) is 0 Å². The lowest BCUT2D eigenvalue weighted by Gasteiger charge is -1.99. The van der Waals surface area contributed by atoms with E-state index in [4.69, 9.17) is 11.6 Å². The fraction of sp³-hybridized carbons (Fsp3) is 0.143. The van der Waals surface area contributed by atoms with Gasteiger partial charge in [0, 0.05) is 10.4 Å². The lowest BCUT2D eigenvalue weighted by molar-refractivity contribution is 0.508. The van der Waals surface area contributed by atoms with Gasteiger partial charge in [-0.2, -0.15) is 0 Å². The summed E-state index contributed by atoms with van der Waals surface area (Å²) in [5, 5.41) is 0.657. The molecule has 0 unspecified atom stereocenters. The van der Waals surface area contributed by atoms with Crippen LogP contribution in [0, 0.1) is 11.6 Å². The van der Waals surface area contributed by atoms with E-state index in [2.05, 4.69) is 15.9 Å². The first-order valence-electron chi connectivity index (χ1n) is 2.84. The molecule has 60 valence electrons. The van der Waals surface area contributed by atoms with Crippen LogP contribution in [0.4, 0.5) is 8.78 Å². The van der Waals surface area contributed by atoms with Gasteiger partial charge >= 0.3 is 0 Å². The van der Waals surface area contributed by atoms with Crippen LogP contribution in [-0.2, 0) is 5.33 Å². The average Bonchev–Trinajstić information content (AvgIpc) is 1.97. The van der Waals surface area contributed by atoms with Crippen LogP contribution in [0.1, 0.15) is 5.56 Å². The number of halogens is 4. The molecule has 0 aliphatic heterocycles. The maximum atomic E-state index is 12.5. The third-order valence-electron chi connectivity index (χ3n) is 1.23. The molecule has 0 aliphatic rings. The van der Waals surface area contributed by atoms with Crippen LogP contribution in [0.5, 0.6) is 0 Å².